The number of aromatic nitrogens is 2. The number of carbonyl (C=O) groups excluding carboxylic acids is 1. The van der Waals surface area contributed by atoms with Gasteiger partial charge in [-0.25, -0.2) is 0 Å². The van der Waals surface area contributed by atoms with Crippen molar-refractivity contribution in [3.05, 3.63) is 54.1 Å². The molecule has 1 aliphatic heterocycles. The summed E-state index contributed by atoms with van der Waals surface area (Å²) in [6.45, 7) is 4.63. The molecule has 25 heavy (non-hydrogen) atoms. The van der Waals surface area contributed by atoms with Gasteiger partial charge in [-0.05, 0) is 37.1 Å². The number of nitrogens with one attached hydrogen (secondary N) is 2. The summed E-state index contributed by atoms with van der Waals surface area (Å²) in [7, 11) is 0. The minimum atomic E-state index is -0.0323. The molecule has 0 aromatic carbocycles. The van der Waals surface area contributed by atoms with Crippen LogP contribution in [0.3, 0.4) is 0 Å². The van der Waals surface area contributed by atoms with Crippen molar-refractivity contribution in [1.29, 1.82) is 0 Å². The second-order valence-corrected chi connectivity index (χ2v) is 6.48. The van der Waals surface area contributed by atoms with Crippen molar-refractivity contribution in [1.82, 2.24) is 20.6 Å². The molecule has 6 nitrogen and oxygen atoms in total. The Morgan fingerprint density at radius 1 is 1.32 bits per heavy atom. The molecule has 2 N–H and O–H groups in total. The zero-order valence-electron chi connectivity index (χ0n) is 14.4. The first-order valence-corrected chi connectivity index (χ1v) is 8.63. The molecule has 132 valence electrons. The van der Waals surface area contributed by atoms with Crippen molar-refractivity contribution < 1.29 is 9.53 Å². The number of piperidine rings is 1. The molecule has 0 aliphatic carbocycles. The lowest BCUT2D eigenvalue weighted by Crippen LogP contribution is -2.45. The Bertz CT molecular complexity index is 676. The molecule has 0 bridgehead atoms. The molecule has 1 aliphatic rings. The normalized spacial score (nSPS) is 20.0. The molecular formula is C19H24N4O2. The van der Waals surface area contributed by atoms with Crippen LogP contribution in [0.5, 0.6) is 5.75 Å². The fourth-order valence-electron chi connectivity index (χ4n) is 2.95. The third-order valence-electron chi connectivity index (χ3n) is 4.37. The molecule has 0 radical (unpaired) electrons. The van der Waals surface area contributed by atoms with Crippen LogP contribution in [0.15, 0.2) is 42.9 Å². The van der Waals surface area contributed by atoms with Crippen LogP contribution < -0.4 is 15.4 Å². The van der Waals surface area contributed by atoms with Crippen molar-refractivity contribution in [2.75, 3.05) is 19.7 Å². The fraction of sp³-hybridized carbons (Fsp3) is 0.421. The number of rotatable bonds is 6. The summed E-state index contributed by atoms with van der Waals surface area (Å²) in [5, 5.41) is 6.34. The van der Waals surface area contributed by atoms with Crippen LogP contribution >= 0.6 is 0 Å². The van der Waals surface area contributed by atoms with Crippen molar-refractivity contribution in [2.45, 2.75) is 19.9 Å². The van der Waals surface area contributed by atoms with Crippen molar-refractivity contribution in [3.63, 3.8) is 0 Å². The van der Waals surface area contributed by atoms with Crippen LogP contribution in [0.1, 0.15) is 17.7 Å². The van der Waals surface area contributed by atoms with Gasteiger partial charge in [-0.1, -0.05) is 6.07 Å². The van der Waals surface area contributed by atoms with Gasteiger partial charge in [0.1, 0.15) is 5.75 Å². The molecule has 3 heterocycles. The molecule has 0 spiro atoms. The summed E-state index contributed by atoms with van der Waals surface area (Å²) in [4.78, 5) is 20.7. The van der Waals surface area contributed by atoms with Crippen LogP contribution in [0.25, 0.3) is 0 Å². The third kappa shape index (κ3) is 5.26. The Balaban J connectivity index is 1.45. The van der Waals surface area contributed by atoms with E-state index in [0.717, 1.165) is 30.0 Å². The molecule has 6 heteroatoms. The van der Waals surface area contributed by atoms with E-state index in [1.807, 2.05) is 31.2 Å². The van der Waals surface area contributed by atoms with Gasteiger partial charge in [0.2, 0.25) is 5.91 Å². The predicted octanol–water partition coefficient (Wildman–Crippen LogP) is 1.71. The van der Waals surface area contributed by atoms with Crippen LogP contribution in [-0.4, -0.2) is 35.6 Å². The lowest BCUT2D eigenvalue weighted by atomic mass is 9.90. The number of aryl methyl sites for hydroxylation is 1. The highest BCUT2D eigenvalue weighted by molar-refractivity contribution is 5.79. The highest BCUT2D eigenvalue weighted by atomic mass is 16.5. The topological polar surface area (TPSA) is 76.1 Å². The summed E-state index contributed by atoms with van der Waals surface area (Å²) in [6, 6.07) is 7.69. The summed E-state index contributed by atoms with van der Waals surface area (Å²) < 4.78 is 5.82. The van der Waals surface area contributed by atoms with Gasteiger partial charge in [0.05, 0.1) is 18.7 Å². The van der Waals surface area contributed by atoms with Gasteiger partial charge in [-0.3, -0.25) is 14.8 Å². The van der Waals surface area contributed by atoms with Gasteiger partial charge < -0.3 is 15.4 Å². The Morgan fingerprint density at radius 2 is 2.24 bits per heavy atom. The van der Waals surface area contributed by atoms with Crippen LogP contribution in [0.4, 0.5) is 0 Å². The quantitative estimate of drug-likeness (QED) is 0.837. The molecule has 2 aromatic heterocycles. The van der Waals surface area contributed by atoms with Gasteiger partial charge in [-0.2, -0.15) is 0 Å². The maximum Gasteiger partial charge on any atom is 0.224 e. The second kappa shape index (κ2) is 8.58. The number of hydrogen-bond acceptors (Lipinski definition) is 5. The first-order chi connectivity index (χ1) is 12.2. The van der Waals surface area contributed by atoms with E-state index < -0.39 is 0 Å². The van der Waals surface area contributed by atoms with E-state index in [2.05, 4.69) is 20.6 Å². The van der Waals surface area contributed by atoms with E-state index >= 15 is 0 Å². The first-order valence-electron chi connectivity index (χ1n) is 8.63. The van der Waals surface area contributed by atoms with Crippen LogP contribution in [-0.2, 0) is 11.3 Å². The average molecular weight is 340 g/mol. The maximum absolute atomic E-state index is 12.4. The first kappa shape index (κ1) is 17.4. The average Bonchev–Trinajstić information content (AvgIpc) is 2.67. The summed E-state index contributed by atoms with van der Waals surface area (Å²) in [5.41, 5.74) is 1.98. The Morgan fingerprint density at radius 3 is 3.00 bits per heavy atom. The SMILES string of the molecule is Cc1ccc(OC[C@@H]2CNC[C@H](C(=O)NCc3cccnc3)C2)cn1. The predicted molar refractivity (Wildman–Crippen MR) is 95.0 cm³/mol. The van der Waals surface area contributed by atoms with E-state index in [0.29, 0.717) is 25.6 Å². The van der Waals surface area contributed by atoms with E-state index in [4.69, 9.17) is 4.74 Å². The Kier molecular flexibility index (Phi) is 5.95. The Hall–Kier alpha value is -2.47. The molecule has 1 amide bonds. The van der Waals surface area contributed by atoms with Gasteiger partial charge in [-0.15, -0.1) is 0 Å². The summed E-state index contributed by atoms with van der Waals surface area (Å²) in [5.74, 6) is 1.13. The number of pyridine rings is 2. The lowest BCUT2D eigenvalue weighted by Gasteiger charge is -2.29. The maximum atomic E-state index is 12.4. The van der Waals surface area contributed by atoms with E-state index in [9.17, 15) is 4.79 Å². The summed E-state index contributed by atoms with van der Waals surface area (Å²) in [6.07, 6.45) is 6.06. The molecule has 2 atom stereocenters. The monoisotopic (exact) mass is 340 g/mol. The highest BCUT2D eigenvalue weighted by Crippen LogP contribution is 2.19. The number of hydrogen-bond donors (Lipinski definition) is 2. The minimum Gasteiger partial charge on any atom is -0.492 e. The van der Waals surface area contributed by atoms with E-state index in [-0.39, 0.29) is 11.8 Å². The molecule has 0 unspecified atom stereocenters. The minimum absolute atomic E-state index is 0.0323. The van der Waals surface area contributed by atoms with Crippen molar-refractivity contribution >= 4 is 5.91 Å². The van der Waals surface area contributed by atoms with Gasteiger partial charge >= 0.3 is 0 Å². The van der Waals surface area contributed by atoms with Crippen LogP contribution in [0.2, 0.25) is 0 Å². The molecule has 0 saturated carbocycles. The standard InChI is InChI=1S/C19H24N4O2/c1-14-4-5-18(12-22-14)25-13-16-7-17(11-21-9-16)19(24)23-10-15-3-2-6-20-8-15/h2-6,8,12,16-17,21H,7,9-11,13H2,1H3,(H,23,24)/t16-,17+/m0/s1. The van der Waals surface area contributed by atoms with E-state index in [1.165, 1.54) is 0 Å². The van der Waals surface area contributed by atoms with Crippen molar-refractivity contribution in [2.24, 2.45) is 11.8 Å². The van der Waals surface area contributed by atoms with Crippen LogP contribution in [0, 0.1) is 18.8 Å². The zero-order chi connectivity index (χ0) is 17.5. The third-order valence-corrected chi connectivity index (χ3v) is 4.37. The molecule has 1 saturated heterocycles. The highest BCUT2D eigenvalue weighted by Gasteiger charge is 2.27. The molecule has 3 rings (SSSR count). The van der Waals surface area contributed by atoms with Crippen molar-refractivity contribution in [3.8, 4) is 5.75 Å². The van der Waals surface area contributed by atoms with Gasteiger partial charge in [0.15, 0.2) is 0 Å². The van der Waals surface area contributed by atoms with Gasteiger partial charge in [0.25, 0.3) is 0 Å². The number of ether oxygens (including phenoxy) is 1. The lowest BCUT2D eigenvalue weighted by molar-refractivity contribution is -0.126. The zero-order valence-corrected chi connectivity index (χ0v) is 14.4. The molecular weight excluding hydrogens is 316 g/mol. The summed E-state index contributed by atoms with van der Waals surface area (Å²) >= 11 is 0. The molecule has 2 aromatic rings. The Labute approximate surface area is 148 Å². The second-order valence-electron chi connectivity index (χ2n) is 6.48. The molecule has 1 fully saturated rings. The number of carbonyl (C=O) groups is 1. The van der Waals surface area contributed by atoms with Gasteiger partial charge in [0, 0.05) is 43.6 Å². The fourth-order valence-corrected chi connectivity index (χ4v) is 2.95. The number of nitrogens with zero attached hydrogens (tertiary/aromatic N) is 2. The largest absolute Gasteiger partial charge is 0.492 e. The smallest absolute Gasteiger partial charge is 0.224 e. The number of amides is 1. The van der Waals surface area contributed by atoms with E-state index in [1.54, 1.807) is 18.6 Å².